The number of aromatic nitrogens is 1. The predicted octanol–water partition coefficient (Wildman–Crippen LogP) is 5.75. The van der Waals surface area contributed by atoms with Gasteiger partial charge in [-0.1, -0.05) is 24.3 Å². The summed E-state index contributed by atoms with van der Waals surface area (Å²) in [6, 6.07) is 9.44. The second-order valence-corrected chi connectivity index (χ2v) is 8.66. The predicted molar refractivity (Wildman–Crippen MR) is 122 cm³/mol. The van der Waals surface area contributed by atoms with Gasteiger partial charge in [0.15, 0.2) is 0 Å². The zero-order chi connectivity index (χ0) is 20.9. The van der Waals surface area contributed by atoms with Gasteiger partial charge in [-0.05, 0) is 62.7 Å². The first kappa shape index (κ1) is 20.6. The number of thiophene rings is 1. The third-order valence-corrected chi connectivity index (χ3v) is 6.13. The van der Waals surface area contributed by atoms with Crippen molar-refractivity contribution in [3.05, 3.63) is 70.3 Å². The van der Waals surface area contributed by atoms with Crippen LogP contribution in [0.15, 0.2) is 57.7 Å². The number of para-hydroxylation sites is 1. The van der Waals surface area contributed by atoms with E-state index >= 15 is 0 Å². The molecule has 0 bridgehead atoms. The van der Waals surface area contributed by atoms with Gasteiger partial charge in [0, 0.05) is 18.5 Å². The first-order valence-electron chi connectivity index (χ1n) is 10.3. The minimum atomic E-state index is -0.131. The molecule has 4 rings (SSSR count). The van der Waals surface area contributed by atoms with Gasteiger partial charge >= 0.3 is 0 Å². The number of hydrogen-bond donors (Lipinski definition) is 1. The second kappa shape index (κ2) is 9.41. The lowest BCUT2D eigenvalue weighted by atomic mass is 9.94. The van der Waals surface area contributed by atoms with Crippen LogP contribution in [0.25, 0.3) is 11.5 Å². The summed E-state index contributed by atoms with van der Waals surface area (Å²) in [6.07, 6.45) is 8.16. The molecule has 2 aromatic heterocycles. The molecule has 0 saturated heterocycles. The number of allylic oxidation sites excluding steroid dienone is 2. The topological polar surface area (TPSA) is 58.4 Å². The lowest BCUT2D eigenvalue weighted by Crippen LogP contribution is -2.26. The smallest absolute Gasteiger partial charge is 0.256 e. The SMILES string of the molecule is Cc1oc(-c2ccccc2NC(=O)c2ccsc2)nc1CN(C)CC1CC=CCC1. The molecule has 1 N–H and O–H groups in total. The Balaban J connectivity index is 1.48. The van der Waals surface area contributed by atoms with E-state index in [4.69, 9.17) is 9.40 Å². The zero-order valence-corrected chi connectivity index (χ0v) is 18.2. The van der Waals surface area contributed by atoms with E-state index in [1.165, 1.54) is 24.2 Å². The quantitative estimate of drug-likeness (QED) is 0.493. The molecule has 1 aromatic carbocycles. The Morgan fingerprint density at radius 3 is 2.93 bits per heavy atom. The minimum absolute atomic E-state index is 0.131. The van der Waals surface area contributed by atoms with Crippen LogP contribution in [0.4, 0.5) is 5.69 Å². The van der Waals surface area contributed by atoms with Crippen molar-refractivity contribution in [3.63, 3.8) is 0 Å². The van der Waals surface area contributed by atoms with Gasteiger partial charge in [-0.25, -0.2) is 4.98 Å². The molecule has 0 saturated carbocycles. The molecule has 1 aliphatic rings. The highest BCUT2D eigenvalue weighted by Crippen LogP contribution is 2.30. The second-order valence-electron chi connectivity index (χ2n) is 7.88. The van der Waals surface area contributed by atoms with Crippen LogP contribution < -0.4 is 5.32 Å². The Bertz CT molecular complexity index is 1020. The number of aryl methyl sites for hydroxylation is 1. The van der Waals surface area contributed by atoms with Crippen LogP contribution in [0.3, 0.4) is 0 Å². The first-order valence-corrected chi connectivity index (χ1v) is 11.3. The highest BCUT2D eigenvalue weighted by Gasteiger charge is 2.19. The summed E-state index contributed by atoms with van der Waals surface area (Å²) in [6.45, 7) is 3.76. The fraction of sp³-hybridized carbons (Fsp3) is 0.333. The molecule has 1 amide bonds. The van der Waals surface area contributed by atoms with E-state index in [2.05, 4.69) is 29.4 Å². The van der Waals surface area contributed by atoms with Crippen LogP contribution in [0.5, 0.6) is 0 Å². The van der Waals surface area contributed by atoms with Crippen molar-refractivity contribution >= 4 is 22.9 Å². The maximum atomic E-state index is 12.5. The number of rotatable bonds is 7. The number of carbonyl (C=O) groups is 1. The molecule has 2 heterocycles. The molecular weight excluding hydrogens is 394 g/mol. The fourth-order valence-corrected chi connectivity index (χ4v) is 4.48. The molecule has 1 unspecified atom stereocenters. The first-order chi connectivity index (χ1) is 14.6. The summed E-state index contributed by atoms with van der Waals surface area (Å²) < 4.78 is 6.01. The van der Waals surface area contributed by atoms with E-state index in [-0.39, 0.29) is 5.91 Å². The third-order valence-electron chi connectivity index (χ3n) is 5.45. The maximum Gasteiger partial charge on any atom is 0.256 e. The summed E-state index contributed by atoms with van der Waals surface area (Å²) >= 11 is 1.50. The molecule has 5 nitrogen and oxygen atoms in total. The number of benzene rings is 1. The summed E-state index contributed by atoms with van der Waals surface area (Å²) in [5.41, 5.74) is 3.08. The number of anilines is 1. The van der Waals surface area contributed by atoms with Crippen molar-refractivity contribution in [2.24, 2.45) is 5.92 Å². The zero-order valence-electron chi connectivity index (χ0n) is 17.4. The normalized spacial score (nSPS) is 16.2. The molecular formula is C24H27N3O2S. The van der Waals surface area contributed by atoms with Crippen molar-refractivity contribution in [2.75, 3.05) is 18.9 Å². The molecule has 1 atom stereocenters. The van der Waals surface area contributed by atoms with E-state index in [1.807, 2.05) is 48.0 Å². The van der Waals surface area contributed by atoms with Gasteiger partial charge in [0.25, 0.3) is 5.91 Å². The average Bonchev–Trinajstić information content (AvgIpc) is 3.40. The summed E-state index contributed by atoms with van der Waals surface area (Å²) in [7, 11) is 2.14. The molecule has 3 aromatic rings. The lowest BCUT2D eigenvalue weighted by Gasteiger charge is -2.24. The van der Waals surface area contributed by atoms with E-state index < -0.39 is 0 Å². The van der Waals surface area contributed by atoms with E-state index in [0.29, 0.717) is 23.1 Å². The minimum Gasteiger partial charge on any atom is -0.441 e. The van der Waals surface area contributed by atoms with Gasteiger partial charge in [-0.3, -0.25) is 4.79 Å². The number of carbonyl (C=O) groups excluding carboxylic acids is 1. The molecule has 0 spiro atoms. The number of amides is 1. The Hall–Kier alpha value is -2.70. The van der Waals surface area contributed by atoms with Crippen molar-refractivity contribution in [2.45, 2.75) is 32.7 Å². The Morgan fingerprint density at radius 1 is 1.30 bits per heavy atom. The highest BCUT2D eigenvalue weighted by molar-refractivity contribution is 7.08. The van der Waals surface area contributed by atoms with Crippen LogP contribution >= 0.6 is 11.3 Å². The number of hydrogen-bond acceptors (Lipinski definition) is 5. The van der Waals surface area contributed by atoms with Gasteiger partial charge < -0.3 is 14.6 Å². The van der Waals surface area contributed by atoms with Crippen molar-refractivity contribution in [1.82, 2.24) is 9.88 Å². The summed E-state index contributed by atoms with van der Waals surface area (Å²) in [5.74, 6) is 1.94. The summed E-state index contributed by atoms with van der Waals surface area (Å²) in [5, 5.41) is 6.72. The van der Waals surface area contributed by atoms with Crippen LogP contribution in [-0.4, -0.2) is 29.4 Å². The standard InChI is InChI=1S/C24H27N3O2S/c1-17-22(15-27(2)14-18-8-4-3-5-9-18)26-24(29-17)20-10-6-7-11-21(20)25-23(28)19-12-13-30-16-19/h3-4,6-7,10-13,16,18H,5,8-9,14-15H2,1-2H3,(H,25,28). The van der Waals surface area contributed by atoms with Crippen LogP contribution in [0.2, 0.25) is 0 Å². The van der Waals surface area contributed by atoms with Crippen LogP contribution in [0.1, 0.15) is 41.1 Å². The molecule has 1 aliphatic carbocycles. The van der Waals surface area contributed by atoms with E-state index in [1.54, 1.807) is 0 Å². The van der Waals surface area contributed by atoms with E-state index in [9.17, 15) is 4.79 Å². The van der Waals surface area contributed by atoms with Crippen LogP contribution in [-0.2, 0) is 6.54 Å². The van der Waals surface area contributed by atoms with Gasteiger partial charge in [-0.2, -0.15) is 11.3 Å². The third kappa shape index (κ3) is 4.89. The van der Waals surface area contributed by atoms with Crippen molar-refractivity contribution in [3.8, 4) is 11.5 Å². The Labute approximate surface area is 181 Å². The lowest BCUT2D eigenvalue weighted by molar-refractivity contribution is 0.102. The van der Waals surface area contributed by atoms with Crippen LogP contribution in [0, 0.1) is 12.8 Å². The molecule has 156 valence electrons. The Morgan fingerprint density at radius 2 is 2.17 bits per heavy atom. The summed E-state index contributed by atoms with van der Waals surface area (Å²) in [4.78, 5) is 19.6. The van der Waals surface area contributed by atoms with Gasteiger partial charge in [-0.15, -0.1) is 0 Å². The monoisotopic (exact) mass is 421 g/mol. The number of nitrogens with one attached hydrogen (secondary N) is 1. The number of nitrogens with zero attached hydrogens (tertiary/aromatic N) is 2. The maximum absolute atomic E-state index is 12.5. The largest absolute Gasteiger partial charge is 0.441 e. The molecule has 6 heteroatoms. The molecule has 0 radical (unpaired) electrons. The average molecular weight is 422 g/mol. The fourth-order valence-electron chi connectivity index (χ4n) is 3.84. The molecule has 0 fully saturated rings. The number of oxazole rings is 1. The van der Waals surface area contributed by atoms with Gasteiger partial charge in [0.05, 0.1) is 22.5 Å². The molecule has 30 heavy (non-hydrogen) atoms. The highest BCUT2D eigenvalue weighted by atomic mass is 32.1. The Kier molecular flexibility index (Phi) is 6.45. The van der Waals surface area contributed by atoms with Crippen molar-refractivity contribution in [1.29, 1.82) is 0 Å². The molecule has 0 aliphatic heterocycles. The van der Waals surface area contributed by atoms with Crippen molar-refractivity contribution < 1.29 is 9.21 Å². The van der Waals surface area contributed by atoms with E-state index in [0.717, 1.165) is 36.5 Å². The van der Waals surface area contributed by atoms with Gasteiger partial charge in [0.1, 0.15) is 5.76 Å². The van der Waals surface area contributed by atoms with Gasteiger partial charge in [0.2, 0.25) is 5.89 Å².